The molecule has 0 radical (unpaired) electrons. The van der Waals surface area contributed by atoms with Crippen molar-refractivity contribution in [3.8, 4) is 0 Å². The van der Waals surface area contributed by atoms with Crippen LogP contribution < -0.4 is 5.32 Å². The van der Waals surface area contributed by atoms with Crippen molar-refractivity contribution in [2.24, 2.45) is 0 Å². The molecule has 0 aliphatic rings. The number of hydrogen-bond acceptors (Lipinski definition) is 5. The van der Waals surface area contributed by atoms with E-state index in [4.69, 9.17) is 4.74 Å². The number of carbonyl (C=O) groups excluding carboxylic acids is 2. The summed E-state index contributed by atoms with van der Waals surface area (Å²) in [5.41, 5.74) is 2.70. The number of nitrogens with one attached hydrogen (secondary N) is 1. The standard InChI is InChI=1S/C22H21N3O3/c1-25(15-16-7-4-3-5-8-16)21(26)17-11-12-23-20(14-17)24-19-10-6-9-18(13-19)22(27)28-2/h3-14H,15H2,1-2H3,(H,23,24). The highest BCUT2D eigenvalue weighted by Crippen LogP contribution is 2.18. The number of amides is 1. The number of methoxy groups -OCH3 is 1. The third-order valence-corrected chi connectivity index (χ3v) is 4.17. The van der Waals surface area contributed by atoms with E-state index in [9.17, 15) is 9.59 Å². The average molecular weight is 375 g/mol. The second-order valence-corrected chi connectivity index (χ2v) is 6.27. The van der Waals surface area contributed by atoms with Gasteiger partial charge in [-0.2, -0.15) is 0 Å². The number of anilines is 2. The number of ether oxygens (including phenoxy) is 1. The quantitative estimate of drug-likeness (QED) is 0.662. The van der Waals surface area contributed by atoms with E-state index in [2.05, 4.69) is 10.3 Å². The Bertz CT molecular complexity index is 974. The minimum Gasteiger partial charge on any atom is -0.465 e. The highest BCUT2D eigenvalue weighted by atomic mass is 16.5. The Morgan fingerprint density at radius 2 is 1.79 bits per heavy atom. The molecule has 0 unspecified atom stereocenters. The summed E-state index contributed by atoms with van der Waals surface area (Å²) in [5.74, 6) is 0.00154. The molecule has 3 aromatic rings. The van der Waals surface area contributed by atoms with Crippen molar-refractivity contribution in [1.29, 1.82) is 0 Å². The Morgan fingerprint density at radius 1 is 1.00 bits per heavy atom. The van der Waals surface area contributed by atoms with Crippen LogP contribution in [0.15, 0.2) is 72.9 Å². The first kappa shape index (κ1) is 19.1. The van der Waals surface area contributed by atoms with Gasteiger partial charge in [0.2, 0.25) is 0 Å². The second-order valence-electron chi connectivity index (χ2n) is 6.27. The lowest BCUT2D eigenvalue weighted by Gasteiger charge is -2.17. The van der Waals surface area contributed by atoms with Crippen LogP contribution in [0.25, 0.3) is 0 Å². The van der Waals surface area contributed by atoms with Crippen molar-refractivity contribution in [3.05, 3.63) is 89.6 Å². The summed E-state index contributed by atoms with van der Waals surface area (Å²) in [6.07, 6.45) is 1.58. The maximum Gasteiger partial charge on any atom is 0.337 e. The van der Waals surface area contributed by atoms with E-state index in [1.165, 1.54) is 7.11 Å². The fourth-order valence-electron chi connectivity index (χ4n) is 2.77. The predicted molar refractivity (Wildman–Crippen MR) is 108 cm³/mol. The van der Waals surface area contributed by atoms with Crippen LogP contribution in [0.1, 0.15) is 26.3 Å². The topological polar surface area (TPSA) is 71.5 Å². The SMILES string of the molecule is COC(=O)c1cccc(Nc2cc(C(=O)N(C)Cc3ccccc3)ccn2)c1. The van der Waals surface area contributed by atoms with Gasteiger partial charge in [0.25, 0.3) is 5.91 Å². The largest absolute Gasteiger partial charge is 0.465 e. The molecule has 0 bridgehead atoms. The minimum absolute atomic E-state index is 0.0994. The number of benzene rings is 2. The van der Waals surface area contributed by atoms with E-state index >= 15 is 0 Å². The third kappa shape index (κ3) is 4.73. The monoisotopic (exact) mass is 375 g/mol. The zero-order valence-electron chi connectivity index (χ0n) is 15.8. The van der Waals surface area contributed by atoms with Gasteiger partial charge >= 0.3 is 5.97 Å². The van der Waals surface area contributed by atoms with Gasteiger partial charge in [-0.05, 0) is 35.9 Å². The number of hydrogen-bond donors (Lipinski definition) is 1. The molecule has 6 nitrogen and oxygen atoms in total. The predicted octanol–water partition coefficient (Wildman–Crippen LogP) is 3.88. The molecule has 0 aliphatic carbocycles. The number of pyridine rings is 1. The Labute approximate surface area is 163 Å². The van der Waals surface area contributed by atoms with Crippen LogP contribution in [0.4, 0.5) is 11.5 Å². The molecular weight excluding hydrogens is 354 g/mol. The van der Waals surface area contributed by atoms with Crippen LogP contribution in [0.3, 0.4) is 0 Å². The van der Waals surface area contributed by atoms with Gasteiger partial charge < -0.3 is 15.0 Å². The summed E-state index contributed by atoms with van der Waals surface area (Å²) in [5, 5.41) is 3.12. The molecule has 1 heterocycles. The van der Waals surface area contributed by atoms with E-state index in [0.717, 1.165) is 5.56 Å². The molecule has 28 heavy (non-hydrogen) atoms. The lowest BCUT2D eigenvalue weighted by Crippen LogP contribution is -2.26. The summed E-state index contributed by atoms with van der Waals surface area (Å²) >= 11 is 0. The van der Waals surface area contributed by atoms with Crippen molar-refractivity contribution in [2.45, 2.75) is 6.54 Å². The van der Waals surface area contributed by atoms with E-state index in [-0.39, 0.29) is 5.91 Å². The zero-order valence-corrected chi connectivity index (χ0v) is 15.8. The van der Waals surface area contributed by atoms with Gasteiger partial charge in [-0.3, -0.25) is 4.79 Å². The summed E-state index contributed by atoms with van der Waals surface area (Å²) in [6, 6.07) is 20.1. The molecule has 0 spiro atoms. The van der Waals surface area contributed by atoms with Crippen molar-refractivity contribution in [1.82, 2.24) is 9.88 Å². The van der Waals surface area contributed by atoms with E-state index in [1.54, 1.807) is 48.5 Å². The van der Waals surface area contributed by atoms with Gasteiger partial charge in [-0.15, -0.1) is 0 Å². The molecule has 0 fully saturated rings. The Balaban J connectivity index is 1.73. The summed E-state index contributed by atoms with van der Waals surface area (Å²) in [4.78, 5) is 30.3. The molecule has 0 atom stereocenters. The number of esters is 1. The molecule has 1 N–H and O–H groups in total. The van der Waals surface area contributed by atoms with Crippen molar-refractivity contribution < 1.29 is 14.3 Å². The van der Waals surface area contributed by atoms with Crippen LogP contribution in [-0.2, 0) is 11.3 Å². The van der Waals surface area contributed by atoms with Gasteiger partial charge in [0.15, 0.2) is 0 Å². The second kappa shape index (κ2) is 8.81. The van der Waals surface area contributed by atoms with Crippen molar-refractivity contribution >= 4 is 23.4 Å². The molecule has 3 rings (SSSR count). The molecule has 0 aliphatic heterocycles. The van der Waals surface area contributed by atoms with Gasteiger partial charge in [0, 0.05) is 31.0 Å². The van der Waals surface area contributed by atoms with Crippen LogP contribution in [0.5, 0.6) is 0 Å². The Hall–Kier alpha value is -3.67. The maximum atomic E-state index is 12.7. The normalized spacial score (nSPS) is 10.2. The van der Waals surface area contributed by atoms with Crippen molar-refractivity contribution in [2.75, 3.05) is 19.5 Å². The highest BCUT2D eigenvalue weighted by molar-refractivity contribution is 5.95. The molecule has 142 valence electrons. The molecule has 1 aromatic heterocycles. The number of aromatic nitrogens is 1. The van der Waals surface area contributed by atoms with Crippen LogP contribution in [0, 0.1) is 0 Å². The first-order valence-corrected chi connectivity index (χ1v) is 8.77. The van der Waals surface area contributed by atoms with Crippen LogP contribution in [-0.4, -0.2) is 35.9 Å². The average Bonchev–Trinajstić information content (AvgIpc) is 2.73. The van der Waals surface area contributed by atoms with Gasteiger partial charge in [-0.1, -0.05) is 36.4 Å². The third-order valence-electron chi connectivity index (χ3n) is 4.17. The molecule has 1 amide bonds. The van der Waals surface area contributed by atoms with E-state index < -0.39 is 5.97 Å². The molecule has 0 saturated carbocycles. The maximum absolute atomic E-state index is 12.7. The van der Waals surface area contributed by atoms with Gasteiger partial charge in [0.05, 0.1) is 12.7 Å². The summed E-state index contributed by atoms with van der Waals surface area (Å²) < 4.78 is 4.73. The molecule has 2 aromatic carbocycles. The summed E-state index contributed by atoms with van der Waals surface area (Å²) in [7, 11) is 3.10. The number of nitrogens with zero attached hydrogens (tertiary/aromatic N) is 2. The minimum atomic E-state index is -0.414. The number of carbonyl (C=O) groups is 2. The zero-order chi connectivity index (χ0) is 19.9. The first-order valence-electron chi connectivity index (χ1n) is 8.77. The smallest absolute Gasteiger partial charge is 0.337 e. The highest BCUT2D eigenvalue weighted by Gasteiger charge is 2.13. The first-order chi connectivity index (χ1) is 13.6. The van der Waals surface area contributed by atoms with E-state index in [0.29, 0.717) is 29.2 Å². The lowest BCUT2D eigenvalue weighted by atomic mass is 10.2. The fraction of sp³-hybridized carbons (Fsp3) is 0.136. The van der Waals surface area contributed by atoms with Crippen LogP contribution in [0.2, 0.25) is 0 Å². The fourth-order valence-corrected chi connectivity index (χ4v) is 2.77. The molecule has 6 heteroatoms. The molecular formula is C22H21N3O3. The number of rotatable bonds is 6. The molecule has 0 saturated heterocycles. The van der Waals surface area contributed by atoms with Crippen molar-refractivity contribution in [3.63, 3.8) is 0 Å². The summed E-state index contributed by atoms with van der Waals surface area (Å²) in [6.45, 7) is 0.520. The lowest BCUT2D eigenvalue weighted by molar-refractivity contribution is 0.0600. The Morgan fingerprint density at radius 3 is 2.54 bits per heavy atom. The van der Waals surface area contributed by atoms with Crippen LogP contribution >= 0.6 is 0 Å². The van der Waals surface area contributed by atoms with Gasteiger partial charge in [-0.25, -0.2) is 9.78 Å². The van der Waals surface area contributed by atoms with E-state index in [1.807, 2.05) is 36.4 Å². The van der Waals surface area contributed by atoms with Gasteiger partial charge in [0.1, 0.15) is 5.82 Å². The Kier molecular flexibility index (Phi) is 6.01.